The zero-order valence-corrected chi connectivity index (χ0v) is 17.3. The van der Waals surface area contributed by atoms with Gasteiger partial charge in [0.25, 0.3) is 5.91 Å². The molecule has 0 saturated heterocycles. The fraction of sp³-hybridized carbons (Fsp3) is 0.211. The van der Waals surface area contributed by atoms with Gasteiger partial charge in [0.1, 0.15) is 17.8 Å². The summed E-state index contributed by atoms with van der Waals surface area (Å²) in [6, 6.07) is 4.90. The van der Waals surface area contributed by atoms with Crippen molar-refractivity contribution in [1.29, 1.82) is 0 Å². The van der Waals surface area contributed by atoms with Crippen LogP contribution in [-0.4, -0.2) is 37.1 Å². The minimum Gasteiger partial charge on any atom is -0.373 e. The molecule has 1 aromatic heterocycles. The first kappa shape index (κ1) is 22.3. The first-order valence-corrected chi connectivity index (χ1v) is 10.7. The molecule has 12 heteroatoms. The Morgan fingerprint density at radius 2 is 1.87 bits per heavy atom. The van der Waals surface area contributed by atoms with Crippen LogP contribution in [-0.2, 0) is 10.0 Å². The molecular formula is C19H18F3N5O3S. The maximum absolute atomic E-state index is 14.8. The molecule has 0 aliphatic carbocycles. The van der Waals surface area contributed by atoms with Gasteiger partial charge < -0.3 is 10.6 Å². The largest absolute Gasteiger partial charge is 0.373 e. The maximum atomic E-state index is 14.8. The molecule has 0 aliphatic rings. The normalized spacial score (nSPS) is 11.4. The molecular weight excluding hydrogens is 435 g/mol. The van der Waals surface area contributed by atoms with Crippen LogP contribution in [0.2, 0.25) is 0 Å². The van der Waals surface area contributed by atoms with Crippen molar-refractivity contribution in [2.24, 2.45) is 0 Å². The minimum atomic E-state index is -3.99. The van der Waals surface area contributed by atoms with Crippen molar-refractivity contribution < 1.29 is 26.4 Å². The van der Waals surface area contributed by atoms with Gasteiger partial charge in [-0.2, -0.15) is 0 Å². The van der Waals surface area contributed by atoms with Crippen LogP contribution in [0, 0.1) is 17.5 Å². The number of carbonyl (C=O) groups excluding carboxylic acids is 1. The van der Waals surface area contributed by atoms with Crippen LogP contribution in [0.5, 0.6) is 0 Å². The zero-order valence-electron chi connectivity index (χ0n) is 16.5. The molecule has 0 fully saturated rings. The summed E-state index contributed by atoms with van der Waals surface area (Å²) in [4.78, 5) is 20.8. The highest BCUT2D eigenvalue weighted by molar-refractivity contribution is 7.92. The van der Waals surface area contributed by atoms with Crippen LogP contribution in [0.15, 0.2) is 30.6 Å². The third-order valence-corrected chi connectivity index (χ3v) is 5.76. The number of sulfonamides is 1. The molecule has 164 valence electrons. The molecule has 0 unspecified atom stereocenters. The Kier molecular flexibility index (Phi) is 6.29. The molecule has 0 saturated carbocycles. The second-order valence-corrected chi connectivity index (χ2v) is 8.30. The summed E-state index contributed by atoms with van der Waals surface area (Å²) >= 11 is 0. The lowest BCUT2D eigenvalue weighted by molar-refractivity contribution is 0.102. The molecule has 0 spiro atoms. The predicted molar refractivity (Wildman–Crippen MR) is 111 cm³/mol. The van der Waals surface area contributed by atoms with Crippen molar-refractivity contribution in [1.82, 2.24) is 9.97 Å². The number of rotatable bonds is 7. The van der Waals surface area contributed by atoms with Gasteiger partial charge in [0, 0.05) is 18.5 Å². The summed E-state index contributed by atoms with van der Waals surface area (Å²) < 4.78 is 68.8. The quantitative estimate of drug-likeness (QED) is 0.472. The molecule has 1 amide bonds. The van der Waals surface area contributed by atoms with Crippen molar-refractivity contribution in [3.8, 4) is 0 Å². The van der Waals surface area contributed by atoms with Gasteiger partial charge in [-0.15, -0.1) is 0 Å². The lowest BCUT2D eigenvalue weighted by atomic mass is 10.1. The molecule has 0 aliphatic heterocycles. The summed E-state index contributed by atoms with van der Waals surface area (Å²) in [6.45, 7) is 1.58. The summed E-state index contributed by atoms with van der Waals surface area (Å²) in [7, 11) is -2.37. The second kappa shape index (κ2) is 8.76. The average Bonchev–Trinajstić information content (AvgIpc) is 2.73. The Hall–Kier alpha value is -3.41. The number of fused-ring (bicyclic) bond motifs is 1. The number of hydrogen-bond donors (Lipinski definition) is 3. The van der Waals surface area contributed by atoms with Gasteiger partial charge in [-0.3, -0.25) is 9.52 Å². The van der Waals surface area contributed by atoms with E-state index in [0.29, 0.717) is 17.3 Å². The first-order chi connectivity index (χ1) is 14.7. The number of anilines is 3. The van der Waals surface area contributed by atoms with E-state index in [2.05, 4.69) is 15.3 Å². The van der Waals surface area contributed by atoms with Gasteiger partial charge in [0.15, 0.2) is 17.5 Å². The SMILES string of the molecule is CCCS(=O)(=O)Nc1cc(F)c(F)c(NC(=O)c2cccc3c(NC)ncnc23)c1F. The van der Waals surface area contributed by atoms with Gasteiger partial charge in [-0.25, -0.2) is 31.6 Å². The number of hydrogen-bond acceptors (Lipinski definition) is 6. The van der Waals surface area contributed by atoms with E-state index < -0.39 is 44.8 Å². The topological polar surface area (TPSA) is 113 Å². The van der Waals surface area contributed by atoms with E-state index >= 15 is 0 Å². The highest BCUT2D eigenvalue weighted by Gasteiger charge is 2.24. The van der Waals surface area contributed by atoms with Crippen LogP contribution in [0.1, 0.15) is 23.7 Å². The molecule has 0 atom stereocenters. The van der Waals surface area contributed by atoms with Gasteiger partial charge in [-0.05, 0) is 18.6 Å². The van der Waals surface area contributed by atoms with E-state index in [1.807, 2.05) is 10.0 Å². The summed E-state index contributed by atoms with van der Waals surface area (Å²) in [5, 5.41) is 5.29. The molecule has 31 heavy (non-hydrogen) atoms. The van der Waals surface area contributed by atoms with Crippen molar-refractivity contribution in [2.75, 3.05) is 28.2 Å². The Morgan fingerprint density at radius 1 is 1.13 bits per heavy atom. The second-order valence-electron chi connectivity index (χ2n) is 6.46. The van der Waals surface area contributed by atoms with Crippen LogP contribution in [0.3, 0.4) is 0 Å². The maximum Gasteiger partial charge on any atom is 0.258 e. The Labute approximate surface area is 176 Å². The lowest BCUT2D eigenvalue weighted by Gasteiger charge is -2.14. The Morgan fingerprint density at radius 3 is 2.55 bits per heavy atom. The van der Waals surface area contributed by atoms with Crippen LogP contribution in [0.4, 0.5) is 30.4 Å². The van der Waals surface area contributed by atoms with Crippen molar-refractivity contribution in [2.45, 2.75) is 13.3 Å². The number of aromatic nitrogens is 2. The smallest absolute Gasteiger partial charge is 0.258 e. The number of amides is 1. The standard InChI is InChI=1S/C19H18F3N5O3S/c1-3-7-31(29,30)27-13-8-12(20)14(21)17(15(13)22)26-19(28)11-6-4-5-10-16(11)24-9-25-18(10)23-2/h4-6,8-9,27H,3,7H2,1-2H3,(H,26,28)(H,23,24,25). The van der Waals surface area contributed by atoms with E-state index in [1.54, 1.807) is 20.0 Å². The van der Waals surface area contributed by atoms with Crippen LogP contribution in [0.25, 0.3) is 10.9 Å². The Balaban J connectivity index is 2.03. The number of halogens is 3. The monoisotopic (exact) mass is 453 g/mol. The molecule has 0 radical (unpaired) electrons. The summed E-state index contributed by atoms with van der Waals surface area (Å²) in [5.74, 6) is -5.57. The molecule has 2 aromatic carbocycles. The van der Waals surface area contributed by atoms with Gasteiger partial charge in [-0.1, -0.05) is 13.0 Å². The van der Waals surface area contributed by atoms with E-state index in [-0.39, 0.29) is 23.3 Å². The zero-order chi connectivity index (χ0) is 22.8. The fourth-order valence-corrected chi connectivity index (χ4v) is 4.05. The highest BCUT2D eigenvalue weighted by atomic mass is 32.2. The number of nitrogens with zero attached hydrogens (tertiary/aromatic N) is 2. The van der Waals surface area contributed by atoms with Crippen LogP contribution < -0.4 is 15.4 Å². The van der Waals surface area contributed by atoms with Crippen molar-refractivity contribution in [3.05, 3.63) is 53.6 Å². The van der Waals surface area contributed by atoms with E-state index in [1.165, 1.54) is 18.5 Å². The molecule has 8 nitrogen and oxygen atoms in total. The van der Waals surface area contributed by atoms with Crippen molar-refractivity contribution in [3.63, 3.8) is 0 Å². The highest BCUT2D eigenvalue weighted by Crippen LogP contribution is 2.30. The molecule has 1 heterocycles. The van der Waals surface area contributed by atoms with Gasteiger partial charge in [0.2, 0.25) is 10.0 Å². The van der Waals surface area contributed by atoms with Crippen molar-refractivity contribution >= 4 is 44.0 Å². The minimum absolute atomic E-state index is 0.0485. The number of carbonyl (C=O) groups is 1. The van der Waals surface area contributed by atoms with E-state index in [0.717, 1.165) is 0 Å². The third kappa shape index (κ3) is 4.53. The molecule has 0 bridgehead atoms. The number of para-hydroxylation sites is 1. The predicted octanol–water partition coefficient (Wildman–Crippen LogP) is 3.49. The fourth-order valence-electron chi connectivity index (χ4n) is 2.93. The first-order valence-electron chi connectivity index (χ1n) is 9.09. The average molecular weight is 453 g/mol. The summed E-state index contributed by atoms with van der Waals surface area (Å²) in [6.07, 6.45) is 1.43. The van der Waals surface area contributed by atoms with E-state index in [9.17, 15) is 26.4 Å². The number of nitrogens with one attached hydrogen (secondary N) is 3. The third-order valence-electron chi connectivity index (χ3n) is 4.28. The van der Waals surface area contributed by atoms with Crippen LogP contribution >= 0.6 is 0 Å². The Bertz CT molecular complexity index is 1270. The molecule has 3 N–H and O–H groups in total. The lowest BCUT2D eigenvalue weighted by Crippen LogP contribution is -2.20. The van der Waals surface area contributed by atoms with Gasteiger partial charge >= 0.3 is 0 Å². The summed E-state index contributed by atoms with van der Waals surface area (Å²) in [5.41, 5.74) is -1.80. The number of benzene rings is 2. The van der Waals surface area contributed by atoms with Gasteiger partial charge in [0.05, 0.1) is 22.5 Å². The molecule has 3 aromatic rings. The molecule has 3 rings (SSSR count). The van der Waals surface area contributed by atoms with E-state index in [4.69, 9.17) is 0 Å².